The fraction of sp³-hybridized carbons (Fsp3) is 0.333. The Balaban J connectivity index is 2.90. The molecule has 0 saturated heterocycles. The van der Waals surface area contributed by atoms with Gasteiger partial charge in [0.2, 0.25) is 5.76 Å². The second-order valence-corrected chi connectivity index (χ2v) is 3.10. The van der Waals surface area contributed by atoms with Crippen LogP contribution in [0.4, 0.5) is 0 Å². The zero-order chi connectivity index (χ0) is 10.7. The van der Waals surface area contributed by atoms with E-state index in [4.69, 9.17) is 9.52 Å². The van der Waals surface area contributed by atoms with Crippen LogP contribution in [0.25, 0.3) is 0 Å². The fourth-order valence-electron chi connectivity index (χ4n) is 0.981. The molecule has 1 aromatic rings. The molecule has 76 valence electrons. The van der Waals surface area contributed by atoms with E-state index in [-0.39, 0.29) is 17.4 Å². The zero-order valence-electron chi connectivity index (χ0n) is 7.90. The highest BCUT2D eigenvalue weighted by molar-refractivity contribution is 6.02. The predicted molar refractivity (Wildman–Crippen MR) is 48.3 cm³/mol. The zero-order valence-corrected chi connectivity index (χ0v) is 7.90. The van der Waals surface area contributed by atoms with Gasteiger partial charge in [0.25, 0.3) is 5.91 Å². The molecule has 5 heteroatoms. The Labute approximate surface area is 80.7 Å². The van der Waals surface area contributed by atoms with Gasteiger partial charge in [0.15, 0.2) is 0 Å². The third kappa shape index (κ3) is 2.12. The molecule has 0 spiro atoms. The monoisotopic (exact) mass is 197 g/mol. The minimum atomic E-state index is -1.17. The van der Waals surface area contributed by atoms with Crippen LogP contribution in [0.1, 0.15) is 34.8 Å². The molecule has 1 heterocycles. The quantitative estimate of drug-likeness (QED) is 0.760. The maximum absolute atomic E-state index is 11.4. The number of carbonyl (C=O) groups is 2. The van der Waals surface area contributed by atoms with Crippen LogP contribution >= 0.6 is 0 Å². The van der Waals surface area contributed by atoms with Gasteiger partial charge in [0.1, 0.15) is 5.56 Å². The van der Waals surface area contributed by atoms with Gasteiger partial charge < -0.3 is 14.8 Å². The summed E-state index contributed by atoms with van der Waals surface area (Å²) in [5, 5.41) is 11.2. The highest BCUT2D eigenvalue weighted by Gasteiger charge is 2.20. The van der Waals surface area contributed by atoms with Crippen molar-refractivity contribution in [2.24, 2.45) is 0 Å². The second-order valence-electron chi connectivity index (χ2n) is 3.10. The first kappa shape index (κ1) is 10.3. The van der Waals surface area contributed by atoms with E-state index >= 15 is 0 Å². The normalized spacial score (nSPS) is 10.2. The predicted octanol–water partition coefficient (Wildman–Crippen LogP) is 1.12. The van der Waals surface area contributed by atoms with Crippen LogP contribution in [0.5, 0.6) is 0 Å². The smallest absolute Gasteiger partial charge is 0.339 e. The summed E-state index contributed by atoms with van der Waals surface area (Å²) >= 11 is 0. The minimum Gasteiger partial charge on any atom is -0.478 e. The first-order chi connectivity index (χ1) is 6.52. The molecule has 0 fully saturated rings. The van der Waals surface area contributed by atoms with E-state index in [9.17, 15) is 9.59 Å². The van der Waals surface area contributed by atoms with Crippen molar-refractivity contribution >= 4 is 11.9 Å². The van der Waals surface area contributed by atoms with E-state index in [0.717, 1.165) is 0 Å². The van der Waals surface area contributed by atoms with Crippen LogP contribution < -0.4 is 5.32 Å². The van der Waals surface area contributed by atoms with E-state index < -0.39 is 11.9 Å². The fourth-order valence-corrected chi connectivity index (χ4v) is 0.981. The van der Waals surface area contributed by atoms with E-state index in [2.05, 4.69) is 5.32 Å². The Bertz CT molecular complexity index is 353. The molecule has 2 N–H and O–H groups in total. The summed E-state index contributed by atoms with van der Waals surface area (Å²) in [7, 11) is 0. The molecule has 1 rings (SSSR count). The van der Waals surface area contributed by atoms with E-state index in [1.165, 1.54) is 12.3 Å². The van der Waals surface area contributed by atoms with Crippen LogP contribution in [-0.2, 0) is 0 Å². The number of hydrogen-bond donors (Lipinski definition) is 2. The van der Waals surface area contributed by atoms with Gasteiger partial charge in [0, 0.05) is 6.04 Å². The maximum atomic E-state index is 11.4. The molecule has 0 bridgehead atoms. The summed E-state index contributed by atoms with van der Waals surface area (Å²) in [6.07, 6.45) is 1.18. The Morgan fingerprint density at radius 1 is 1.50 bits per heavy atom. The van der Waals surface area contributed by atoms with Crippen LogP contribution in [-0.4, -0.2) is 23.0 Å². The van der Waals surface area contributed by atoms with E-state index in [1.807, 2.05) is 0 Å². The lowest BCUT2D eigenvalue weighted by molar-refractivity contribution is 0.0687. The summed E-state index contributed by atoms with van der Waals surface area (Å²) in [6, 6.07) is 1.19. The summed E-state index contributed by atoms with van der Waals surface area (Å²) in [5.74, 6) is -1.85. The van der Waals surface area contributed by atoms with Gasteiger partial charge in [-0.1, -0.05) is 0 Å². The average molecular weight is 197 g/mol. The van der Waals surface area contributed by atoms with Crippen molar-refractivity contribution in [3.05, 3.63) is 23.7 Å². The van der Waals surface area contributed by atoms with Crippen molar-refractivity contribution in [3.63, 3.8) is 0 Å². The molecular formula is C9H11NO4. The SMILES string of the molecule is CC(C)NC(=O)c1occc1C(=O)O. The number of nitrogens with one attached hydrogen (secondary N) is 1. The first-order valence-corrected chi connectivity index (χ1v) is 4.14. The number of hydrogen-bond acceptors (Lipinski definition) is 3. The van der Waals surface area contributed by atoms with Crippen LogP contribution in [0.2, 0.25) is 0 Å². The molecular weight excluding hydrogens is 186 g/mol. The number of rotatable bonds is 3. The molecule has 0 radical (unpaired) electrons. The van der Waals surface area contributed by atoms with Crippen LogP contribution in [0.3, 0.4) is 0 Å². The van der Waals surface area contributed by atoms with Crippen molar-refractivity contribution in [2.75, 3.05) is 0 Å². The number of furan rings is 1. The number of carboxylic acid groups (broad SMARTS) is 1. The lowest BCUT2D eigenvalue weighted by Crippen LogP contribution is -2.30. The van der Waals surface area contributed by atoms with Gasteiger partial charge in [-0.2, -0.15) is 0 Å². The molecule has 0 saturated carbocycles. The highest BCUT2D eigenvalue weighted by Crippen LogP contribution is 2.10. The van der Waals surface area contributed by atoms with Gasteiger partial charge >= 0.3 is 5.97 Å². The topological polar surface area (TPSA) is 79.5 Å². The van der Waals surface area contributed by atoms with Crippen molar-refractivity contribution in [2.45, 2.75) is 19.9 Å². The Morgan fingerprint density at radius 3 is 2.64 bits per heavy atom. The highest BCUT2D eigenvalue weighted by atomic mass is 16.4. The van der Waals surface area contributed by atoms with E-state index in [0.29, 0.717) is 0 Å². The van der Waals surface area contributed by atoms with Gasteiger partial charge in [-0.05, 0) is 19.9 Å². The third-order valence-corrected chi connectivity index (χ3v) is 1.52. The Kier molecular flexibility index (Phi) is 2.91. The lowest BCUT2D eigenvalue weighted by atomic mass is 10.2. The van der Waals surface area contributed by atoms with Gasteiger partial charge in [0.05, 0.1) is 6.26 Å². The average Bonchev–Trinajstić information content (AvgIpc) is 2.49. The van der Waals surface area contributed by atoms with Crippen molar-refractivity contribution < 1.29 is 19.1 Å². The van der Waals surface area contributed by atoms with Crippen molar-refractivity contribution in [1.29, 1.82) is 0 Å². The number of amides is 1. The summed E-state index contributed by atoms with van der Waals surface area (Å²) in [6.45, 7) is 3.56. The second kappa shape index (κ2) is 3.95. The summed E-state index contributed by atoms with van der Waals surface area (Å²) in [5.41, 5.74) is -0.122. The minimum absolute atomic E-state index is 0.0609. The molecule has 0 atom stereocenters. The molecule has 5 nitrogen and oxygen atoms in total. The number of carboxylic acids is 1. The third-order valence-electron chi connectivity index (χ3n) is 1.52. The molecule has 0 aliphatic rings. The molecule has 1 amide bonds. The molecule has 1 aromatic heterocycles. The molecule has 0 aliphatic heterocycles. The standard InChI is InChI=1S/C9H11NO4/c1-5(2)10-8(11)7-6(9(12)13)3-4-14-7/h3-5H,1-2H3,(H,10,11)(H,12,13). The molecule has 14 heavy (non-hydrogen) atoms. The van der Waals surface area contributed by atoms with Gasteiger partial charge in [-0.3, -0.25) is 4.79 Å². The largest absolute Gasteiger partial charge is 0.478 e. The Morgan fingerprint density at radius 2 is 2.14 bits per heavy atom. The van der Waals surface area contributed by atoms with E-state index in [1.54, 1.807) is 13.8 Å². The maximum Gasteiger partial charge on any atom is 0.339 e. The van der Waals surface area contributed by atoms with Crippen LogP contribution in [0, 0.1) is 0 Å². The Hall–Kier alpha value is -1.78. The number of aromatic carboxylic acids is 1. The van der Waals surface area contributed by atoms with Gasteiger partial charge in [-0.25, -0.2) is 4.79 Å². The van der Waals surface area contributed by atoms with Crippen molar-refractivity contribution in [3.8, 4) is 0 Å². The number of carbonyl (C=O) groups excluding carboxylic acids is 1. The van der Waals surface area contributed by atoms with Gasteiger partial charge in [-0.15, -0.1) is 0 Å². The summed E-state index contributed by atoms with van der Waals surface area (Å²) < 4.78 is 4.80. The first-order valence-electron chi connectivity index (χ1n) is 4.14. The molecule has 0 unspecified atom stereocenters. The van der Waals surface area contributed by atoms with Crippen LogP contribution in [0.15, 0.2) is 16.7 Å². The molecule has 0 aliphatic carbocycles. The molecule has 0 aromatic carbocycles. The summed E-state index contributed by atoms with van der Waals surface area (Å²) in [4.78, 5) is 22.0. The lowest BCUT2D eigenvalue weighted by Gasteiger charge is -2.06. The van der Waals surface area contributed by atoms with Crippen molar-refractivity contribution in [1.82, 2.24) is 5.32 Å².